The van der Waals surface area contributed by atoms with Gasteiger partial charge in [0.2, 0.25) is 0 Å². The highest BCUT2D eigenvalue weighted by Crippen LogP contribution is 2.35. The summed E-state index contributed by atoms with van der Waals surface area (Å²) in [4.78, 5) is 20.4. The van der Waals surface area contributed by atoms with Crippen molar-refractivity contribution in [3.63, 3.8) is 0 Å². The SMILES string of the molecule is O=c1c2c3c(sc2nc(SCCOc2ccc(Cl)cc2)n1-c1ccccc1F)CCCC3. The first kappa shape index (κ1) is 21.5. The second kappa shape index (κ2) is 9.25. The van der Waals surface area contributed by atoms with Crippen LogP contribution in [0, 0.1) is 5.82 Å². The first-order valence-electron chi connectivity index (χ1n) is 10.4. The van der Waals surface area contributed by atoms with E-state index in [2.05, 4.69) is 0 Å². The zero-order valence-electron chi connectivity index (χ0n) is 17.1. The first-order chi connectivity index (χ1) is 15.6. The van der Waals surface area contributed by atoms with E-state index in [9.17, 15) is 9.18 Å². The third kappa shape index (κ3) is 4.17. The molecule has 2 heterocycles. The topological polar surface area (TPSA) is 44.1 Å². The zero-order chi connectivity index (χ0) is 22.1. The van der Waals surface area contributed by atoms with E-state index in [0.717, 1.165) is 41.8 Å². The maximum absolute atomic E-state index is 14.7. The van der Waals surface area contributed by atoms with Gasteiger partial charge in [-0.3, -0.25) is 9.36 Å². The predicted molar refractivity (Wildman–Crippen MR) is 129 cm³/mol. The van der Waals surface area contributed by atoms with Crippen molar-refractivity contribution in [3.05, 3.63) is 80.2 Å². The Labute approximate surface area is 198 Å². The number of nitrogens with zero attached hydrogens (tertiary/aromatic N) is 2. The maximum atomic E-state index is 14.7. The summed E-state index contributed by atoms with van der Waals surface area (Å²) in [6.45, 7) is 0.415. The molecule has 8 heteroatoms. The summed E-state index contributed by atoms with van der Waals surface area (Å²) in [6.07, 6.45) is 4.05. The van der Waals surface area contributed by atoms with E-state index >= 15 is 0 Å². The van der Waals surface area contributed by atoms with E-state index in [1.165, 1.54) is 27.3 Å². The third-order valence-electron chi connectivity index (χ3n) is 5.45. The molecule has 1 aliphatic carbocycles. The number of thiophene rings is 1. The summed E-state index contributed by atoms with van der Waals surface area (Å²) < 4.78 is 21.9. The number of benzene rings is 2. The fourth-order valence-electron chi connectivity index (χ4n) is 3.95. The number of halogens is 2. The predicted octanol–water partition coefficient (Wildman–Crippen LogP) is 6.29. The molecule has 164 valence electrons. The molecule has 4 nitrogen and oxygen atoms in total. The van der Waals surface area contributed by atoms with Gasteiger partial charge in [-0.2, -0.15) is 0 Å². The van der Waals surface area contributed by atoms with Crippen LogP contribution < -0.4 is 10.3 Å². The molecular weight excluding hydrogens is 467 g/mol. The second-order valence-corrected chi connectivity index (χ2v) is 10.1. The van der Waals surface area contributed by atoms with Crippen molar-refractivity contribution in [3.8, 4) is 11.4 Å². The molecule has 32 heavy (non-hydrogen) atoms. The molecule has 0 saturated heterocycles. The van der Waals surface area contributed by atoms with Gasteiger partial charge in [0.15, 0.2) is 5.16 Å². The molecule has 0 fully saturated rings. The van der Waals surface area contributed by atoms with Gasteiger partial charge >= 0.3 is 0 Å². The van der Waals surface area contributed by atoms with Gasteiger partial charge < -0.3 is 4.74 Å². The minimum Gasteiger partial charge on any atom is -0.493 e. The normalized spacial score (nSPS) is 13.3. The van der Waals surface area contributed by atoms with Crippen LogP contribution in [-0.4, -0.2) is 21.9 Å². The highest BCUT2D eigenvalue weighted by molar-refractivity contribution is 7.99. The highest BCUT2D eigenvalue weighted by atomic mass is 35.5. The van der Waals surface area contributed by atoms with Crippen molar-refractivity contribution in [2.75, 3.05) is 12.4 Å². The van der Waals surface area contributed by atoms with Crippen LogP contribution in [0.4, 0.5) is 4.39 Å². The Kier molecular flexibility index (Phi) is 6.22. The Balaban J connectivity index is 1.50. The van der Waals surface area contributed by atoms with Crippen molar-refractivity contribution in [1.82, 2.24) is 9.55 Å². The molecule has 0 amide bonds. The summed E-state index contributed by atoms with van der Waals surface area (Å²) in [5, 5.41) is 1.78. The molecule has 2 aromatic carbocycles. The fourth-order valence-corrected chi connectivity index (χ4v) is 6.20. The van der Waals surface area contributed by atoms with Gasteiger partial charge in [0, 0.05) is 15.7 Å². The van der Waals surface area contributed by atoms with E-state index in [0.29, 0.717) is 27.9 Å². The van der Waals surface area contributed by atoms with Gasteiger partial charge in [-0.25, -0.2) is 9.37 Å². The summed E-state index contributed by atoms with van der Waals surface area (Å²) in [5.74, 6) is 0.829. The van der Waals surface area contributed by atoms with Crippen molar-refractivity contribution >= 4 is 44.9 Å². The van der Waals surface area contributed by atoms with Crippen LogP contribution in [0.2, 0.25) is 5.02 Å². The minimum atomic E-state index is -0.445. The lowest BCUT2D eigenvalue weighted by Gasteiger charge is -2.14. The summed E-state index contributed by atoms with van der Waals surface area (Å²) >= 11 is 8.90. The van der Waals surface area contributed by atoms with E-state index < -0.39 is 5.82 Å². The molecule has 4 aromatic rings. The van der Waals surface area contributed by atoms with E-state index in [1.54, 1.807) is 41.7 Å². The number of fused-ring (bicyclic) bond motifs is 3. The quantitative estimate of drug-likeness (QED) is 0.182. The van der Waals surface area contributed by atoms with Gasteiger partial charge in [-0.1, -0.05) is 35.5 Å². The van der Waals surface area contributed by atoms with Crippen LogP contribution in [0.15, 0.2) is 58.5 Å². The summed E-state index contributed by atoms with van der Waals surface area (Å²) in [7, 11) is 0. The molecule has 0 bridgehead atoms. The van der Waals surface area contributed by atoms with Crippen LogP contribution in [0.5, 0.6) is 5.75 Å². The monoisotopic (exact) mass is 486 g/mol. The molecular formula is C24H20ClFN2O2S2. The average Bonchev–Trinajstić information content (AvgIpc) is 3.17. The van der Waals surface area contributed by atoms with Gasteiger partial charge in [-0.15, -0.1) is 11.3 Å². The Bertz CT molecular complexity index is 1330. The lowest BCUT2D eigenvalue weighted by Crippen LogP contribution is -2.23. The molecule has 5 rings (SSSR count). The number of thioether (sulfide) groups is 1. The lowest BCUT2D eigenvalue weighted by molar-refractivity contribution is 0.344. The van der Waals surface area contributed by atoms with Crippen molar-refractivity contribution in [2.24, 2.45) is 0 Å². The number of aryl methyl sites for hydroxylation is 2. The van der Waals surface area contributed by atoms with E-state index in [4.69, 9.17) is 21.3 Å². The smallest absolute Gasteiger partial charge is 0.267 e. The Hall–Kier alpha value is -2.35. The lowest BCUT2D eigenvalue weighted by atomic mass is 9.97. The zero-order valence-corrected chi connectivity index (χ0v) is 19.5. The molecule has 0 unspecified atom stereocenters. The van der Waals surface area contributed by atoms with Crippen molar-refractivity contribution in [2.45, 2.75) is 30.8 Å². The molecule has 0 spiro atoms. The number of para-hydroxylation sites is 1. The van der Waals surface area contributed by atoms with E-state index in [-0.39, 0.29) is 11.2 Å². The number of hydrogen-bond acceptors (Lipinski definition) is 5. The molecule has 0 saturated carbocycles. The third-order valence-corrected chi connectivity index (χ3v) is 7.79. The Morgan fingerprint density at radius 3 is 2.72 bits per heavy atom. The average molecular weight is 487 g/mol. The number of ether oxygens (including phenoxy) is 1. The highest BCUT2D eigenvalue weighted by Gasteiger charge is 2.23. The fraction of sp³-hybridized carbons (Fsp3) is 0.250. The Morgan fingerprint density at radius 2 is 1.91 bits per heavy atom. The van der Waals surface area contributed by atoms with Crippen LogP contribution in [0.25, 0.3) is 15.9 Å². The van der Waals surface area contributed by atoms with Gasteiger partial charge in [-0.05, 0) is 67.6 Å². The van der Waals surface area contributed by atoms with E-state index in [1.807, 2.05) is 12.1 Å². The first-order valence-corrected chi connectivity index (χ1v) is 12.6. The van der Waals surface area contributed by atoms with Crippen molar-refractivity contribution in [1.29, 1.82) is 0 Å². The molecule has 0 aliphatic heterocycles. The largest absolute Gasteiger partial charge is 0.493 e. The minimum absolute atomic E-state index is 0.194. The van der Waals surface area contributed by atoms with Crippen LogP contribution in [0.3, 0.4) is 0 Å². The number of aromatic nitrogens is 2. The molecule has 0 N–H and O–H groups in total. The molecule has 2 aromatic heterocycles. The second-order valence-electron chi connectivity index (χ2n) is 7.53. The van der Waals surface area contributed by atoms with Crippen LogP contribution >= 0.6 is 34.7 Å². The summed E-state index contributed by atoms with van der Waals surface area (Å²) in [5.41, 5.74) is 1.13. The number of rotatable bonds is 6. The van der Waals surface area contributed by atoms with Gasteiger partial charge in [0.1, 0.15) is 16.4 Å². The molecule has 1 aliphatic rings. The van der Waals surface area contributed by atoms with Crippen molar-refractivity contribution < 1.29 is 9.13 Å². The summed E-state index contributed by atoms with van der Waals surface area (Å²) in [6, 6.07) is 13.5. The maximum Gasteiger partial charge on any atom is 0.267 e. The standard InChI is InChI=1S/C24H20ClFN2O2S2/c25-15-9-11-16(12-10-15)30-13-14-31-24-27-22-21(17-5-1-4-8-20(17)32-22)23(29)28(24)19-7-3-2-6-18(19)26/h2-3,6-7,9-12H,1,4-5,8,13-14H2. The number of hydrogen-bond donors (Lipinski definition) is 0. The molecule has 0 radical (unpaired) electrons. The van der Waals surface area contributed by atoms with Crippen LogP contribution in [0.1, 0.15) is 23.3 Å². The Morgan fingerprint density at radius 1 is 1.12 bits per heavy atom. The van der Waals surface area contributed by atoms with Crippen LogP contribution in [-0.2, 0) is 12.8 Å². The van der Waals surface area contributed by atoms with Gasteiger partial charge in [0.25, 0.3) is 5.56 Å². The molecule has 0 atom stereocenters. The van der Waals surface area contributed by atoms with Gasteiger partial charge in [0.05, 0.1) is 17.7 Å².